The number of likely N-dealkylation sites (tertiary alicyclic amines) is 1. The van der Waals surface area contributed by atoms with E-state index in [-0.39, 0.29) is 23.3 Å². The Morgan fingerprint density at radius 2 is 2.00 bits per heavy atom. The van der Waals surface area contributed by atoms with Gasteiger partial charge in [0, 0.05) is 44.3 Å². The van der Waals surface area contributed by atoms with Gasteiger partial charge in [-0.3, -0.25) is 14.9 Å². The molecule has 0 atom stereocenters. The molecular weight excluding hydrogens is 324 g/mol. The molecule has 1 fully saturated rings. The molecule has 8 heteroatoms. The van der Waals surface area contributed by atoms with Gasteiger partial charge in [-0.2, -0.15) is 4.98 Å². The number of hydrogen-bond acceptors (Lipinski definition) is 6. The number of carbonyl (C=O) groups is 1. The monoisotopic (exact) mass is 342 g/mol. The molecule has 3 rings (SSSR count). The number of piperidine rings is 1. The zero-order valence-corrected chi connectivity index (χ0v) is 13.8. The Hall–Kier alpha value is -3.03. The van der Waals surface area contributed by atoms with Crippen molar-refractivity contribution in [1.82, 2.24) is 14.9 Å². The zero-order chi connectivity index (χ0) is 17.8. The largest absolute Gasteiger partial charge is 0.474 e. The van der Waals surface area contributed by atoms with Crippen LogP contribution in [0.1, 0.15) is 29.0 Å². The summed E-state index contributed by atoms with van der Waals surface area (Å²) in [5.41, 5.74) is -0.0411. The maximum absolute atomic E-state index is 12.6. The second-order valence-corrected chi connectivity index (χ2v) is 5.83. The van der Waals surface area contributed by atoms with Crippen LogP contribution in [0.4, 0.5) is 5.69 Å². The van der Waals surface area contributed by atoms with Gasteiger partial charge in [0.25, 0.3) is 11.6 Å². The lowest BCUT2D eigenvalue weighted by molar-refractivity contribution is -0.385. The summed E-state index contributed by atoms with van der Waals surface area (Å²) in [6.45, 7) is 2.76. The van der Waals surface area contributed by atoms with Crippen LogP contribution in [0.25, 0.3) is 0 Å². The summed E-state index contributed by atoms with van der Waals surface area (Å²) < 4.78 is 5.83. The van der Waals surface area contributed by atoms with E-state index in [4.69, 9.17) is 4.74 Å². The molecule has 0 spiro atoms. The number of nitrogens with zero attached hydrogens (tertiary/aromatic N) is 4. The average Bonchev–Trinajstić information content (AvgIpc) is 2.62. The van der Waals surface area contributed by atoms with Gasteiger partial charge in [-0.05, 0) is 13.0 Å². The molecule has 1 aromatic heterocycles. The van der Waals surface area contributed by atoms with Crippen molar-refractivity contribution in [3.05, 3.63) is 58.0 Å². The molecular formula is C17H18N4O4. The molecule has 1 amide bonds. The van der Waals surface area contributed by atoms with E-state index in [2.05, 4.69) is 9.97 Å². The summed E-state index contributed by atoms with van der Waals surface area (Å²) in [5.74, 6) is 0.848. The van der Waals surface area contributed by atoms with Crippen molar-refractivity contribution in [3.8, 4) is 5.88 Å². The van der Waals surface area contributed by atoms with Crippen molar-refractivity contribution >= 4 is 11.6 Å². The maximum atomic E-state index is 12.6. The van der Waals surface area contributed by atoms with Crippen LogP contribution < -0.4 is 4.74 Å². The van der Waals surface area contributed by atoms with Crippen LogP contribution in [0.15, 0.2) is 36.5 Å². The number of aryl methyl sites for hydroxylation is 1. The molecule has 0 unspecified atom stereocenters. The predicted octanol–water partition coefficient (Wildman–Crippen LogP) is 2.38. The van der Waals surface area contributed by atoms with Gasteiger partial charge in [-0.25, -0.2) is 4.98 Å². The van der Waals surface area contributed by atoms with Crippen LogP contribution in [0.2, 0.25) is 0 Å². The molecule has 1 saturated heterocycles. The Morgan fingerprint density at radius 3 is 2.68 bits per heavy atom. The first-order valence-electron chi connectivity index (χ1n) is 8.03. The normalized spacial score (nSPS) is 15.0. The third-order valence-corrected chi connectivity index (χ3v) is 4.10. The molecule has 0 saturated carbocycles. The SMILES string of the molecule is Cc1nccc(OC2CCN(C(=O)c3ccccc3[N+](=O)[O-])CC2)n1. The van der Waals surface area contributed by atoms with Crippen LogP contribution in [0, 0.1) is 17.0 Å². The third kappa shape index (κ3) is 3.90. The first kappa shape index (κ1) is 16.8. The Kier molecular flexibility index (Phi) is 4.87. The van der Waals surface area contributed by atoms with E-state index in [9.17, 15) is 14.9 Å². The quantitative estimate of drug-likeness (QED) is 0.625. The average molecular weight is 342 g/mol. The number of rotatable bonds is 4. The van der Waals surface area contributed by atoms with E-state index >= 15 is 0 Å². The highest BCUT2D eigenvalue weighted by atomic mass is 16.6. The lowest BCUT2D eigenvalue weighted by Gasteiger charge is -2.31. The molecule has 0 N–H and O–H groups in total. The van der Waals surface area contributed by atoms with E-state index in [1.807, 2.05) is 0 Å². The van der Waals surface area contributed by atoms with Gasteiger partial charge in [0.05, 0.1) is 4.92 Å². The lowest BCUT2D eigenvalue weighted by atomic mass is 10.1. The van der Waals surface area contributed by atoms with Crippen molar-refractivity contribution in [2.24, 2.45) is 0 Å². The number of amides is 1. The molecule has 1 aromatic carbocycles. The van der Waals surface area contributed by atoms with Gasteiger partial charge >= 0.3 is 0 Å². The minimum Gasteiger partial charge on any atom is -0.474 e. The highest BCUT2D eigenvalue weighted by Crippen LogP contribution is 2.23. The van der Waals surface area contributed by atoms with E-state index in [0.717, 1.165) is 0 Å². The van der Waals surface area contributed by atoms with Crippen LogP contribution >= 0.6 is 0 Å². The van der Waals surface area contributed by atoms with Gasteiger partial charge in [0.2, 0.25) is 5.88 Å². The van der Waals surface area contributed by atoms with Crippen LogP contribution in [0.3, 0.4) is 0 Å². The first-order chi connectivity index (χ1) is 12.0. The first-order valence-corrected chi connectivity index (χ1v) is 8.03. The summed E-state index contributed by atoms with van der Waals surface area (Å²) in [7, 11) is 0. The molecule has 25 heavy (non-hydrogen) atoms. The number of aromatic nitrogens is 2. The van der Waals surface area contributed by atoms with Crippen LogP contribution in [-0.2, 0) is 0 Å². The predicted molar refractivity (Wildman–Crippen MR) is 89.4 cm³/mol. The Balaban J connectivity index is 1.62. The highest BCUT2D eigenvalue weighted by molar-refractivity contribution is 5.98. The van der Waals surface area contributed by atoms with E-state index in [0.29, 0.717) is 37.6 Å². The molecule has 0 radical (unpaired) electrons. The summed E-state index contributed by atoms with van der Waals surface area (Å²) in [6.07, 6.45) is 2.90. The summed E-state index contributed by atoms with van der Waals surface area (Å²) in [4.78, 5) is 33.0. The maximum Gasteiger partial charge on any atom is 0.282 e. The third-order valence-electron chi connectivity index (χ3n) is 4.10. The van der Waals surface area contributed by atoms with Crippen molar-refractivity contribution in [1.29, 1.82) is 0 Å². The summed E-state index contributed by atoms with van der Waals surface area (Å²) in [5, 5.41) is 11.1. The van der Waals surface area contributed by atoms with Crippen LogP contribution in [-0.4, -0.2) is 44.9 Å². The van der Waals surface area contributed by atoms with Gasteiger partial charge in [0.15, 0.2) is 0 Å². The van der Waals surface area contributed by atoms with Gasteiger partial charge < -0.3 is 9.64 Å². The lowest BCUT2D eigenvalue weighted by Crippen LogP contribution is -2.42. The van der Waals surface area contributed by atoms with E-state index in [1.165, 1.54) is 12.1 Å². The molecule has 0 aliphatic carbocycles. The summed E-state index contributed by atoms with van der Waals surface area (Å²) >= 11 is 0. The smallest absolute Gasteiger partial charge is 0.282 e. The Morgan fingerprint density at radius 1 is 1.28 bits per heavy atom. The molecule has 1 aliphatic rings. The zero-order valence-electron chi connectivity index (χ0n) is 13.8. The van der Waals surface area contributed by atoms with E-state index in [1.54, 1.807) is 36.2 Å². The fourth-order valence-electron chi connectivity index (χ4n) is 2.83. The fraction of sp³-hybridized carbons (Fsp3) is 0.353. The molecule has 130 valence electrons. The van der Waals surface area contributed by atoms with Crippen molar-refractivity contribution in [3.63, 3.8) is 0 Å². The molecule has 2 heterocycles. The Bertz CT molecular complexity index is 788. The Labute approximate surface area is 144 Å². The van der Waals surface area contributed by atoms with Crippen molar-refractivity contribution in [2.75, 3.05) is 13.1 Å². The second-order valence-electron chi connectivity index (χ2n) is 5.83. The number of carbonyl (C=O) groups excluding carboxylic acids is 1. The highest BCUT2D eigenvalue weighted by Gasteiger charge is 2.28. The molecule has 1 aliphatic heterocycles. The van der Waals surface area contributed by atoms with Crippen molar-refractivity contribution in [2.45, 2.75) is 25.9 Å². The number of nitro benzene ring substituents is 1. The molecule has 0 bridgehead atoms. The van der Waals surface area contributed by atoms with Gasteiger partial charge in [0.1, 0.15) is 17.5 Å². The van der Waals surface area contributed by atoms with Gasteiger partial charge in [-0.1, -0.05) is 12.1 Å². The number of ether oxygens (including phenoxy) is 1. The minimum atomic E-state index is -0.527. The van der Waals surface area contributed by atoms with E-state index < -0.39 is 4.92 Å². The van der Waals surface area contributed by atoms with Crippen LogP contribution in [0.5, 0.6) is 5.88 Å². The second kappa shape index (κ2) is 7.25. The summed E-state index contributed by atoms with van der Waals surface area (Å²) in [6, 6.07) is 7.73. The minimum absolute atomic E-state index is 0.0379. The molecule has 2 aromatic rings. The topological polar surface area (TPSA) is 98.5 Å². The fourth-order valence-corrected chi connectivity index (χ4v) is 2.83. The van der Waals surface area contributed by atoms with Crippen molar-refractivity contribution < 1.29 is 14.5 Å². The standard InChI is InChI=1S/C17H18N4O4/c1-12-18-9-6-16(19-12)25-13-7-10-20(11-8-13)17(22)14-4-2-3-5-15(14)21(23)24/h2-6,9,13H,7-8,10-11H2,1H3. The van der Waals surface area contributed by atoms with Gasteiger partial charge in [-0.15, -0.1) is 0 Å². The number of benzene rings is 1. The number of para-hydroxylation sites is 1. The number of nitro groups is 1. The molecule has 8 nitrogen and oxygen atoms in total. The number of hydrogen-bond donors (Lipinski definition) is 0.